The van der Waals surface area contributed by atoms with Crippen LogP contribution in [0.4, 0.5) is 0 Å². The average Bonchev–Trinajstić information content (AvgIpc) is 3.01. The van der Waals surface area contributed by atoms with E-state index in [0.29, 0.717) is 12.2 Å². The molecule has 0 spiro atoms. The molecule has 226 valence electrons. The van der Waals surface area contributed by atoms with Crippen molar-refractivity contribution < 1.29 is 34.1 Å². The van der Waals surface area contributed by atoms with Crippen LogP contribution in [0, 0.1) is 11.8 Å². The van der Waals surface area contributed by atoms with Crippen LogP contribution in [0.1, 0.15) is 33.5 Å². The van der Waals surface area contributed by atoms with Crippen molar-refractivity contribution in [3.05, 3.63) is 124 Å². The largest absolute Gasteiger partial charge is 0.508 e. The Labute approximate surface area is 255 Å². The molecule has 3 aliphatic rings. The van der Waals surface area contributed by atoms with Crippen LogP contribution in [0.2, 0.25) is 0 Å². The number of nitrogens with two attached hydrogens (primary N) is 1. The lowest BCUT2D eigenvalue weighted by Crippen LogP contribution is -2.64. The second-order valence-corrected chi connectivity index (χ2v) is 11.8. The summed E-state index contributed by atoms with van der Waals surface area (Å²) in [5, 5.41) is 23.9. The first-order valence-electron chi connectivity index (χ1n) is 14.5. The van der Waals surface area contributed by atoms with Gasteiger partial charge in [-0.2, -0.15) is 0 Å². The summed E-state index contributed by atoms with van der Waals surface area (Å²) in [5.41, 5.74) is 5.36. The minimum absolute atomic E-state index is 0.0430. The summed E-state index contributed by atoms with van der Waals surface area (Å²) in [7, 11) is 3.47. The van der Waals surface area contributed by atoms with Crippen LogP contribution in [0.3, 0.4) is 0 Å². The van der Waals surface area contributed by atoms with Gasteiger partial charge in [-0.15, -0.1) is 0 Å². The molecule has 0 saturated heterocycles. The quantitative estimate of drug-likeness (QED) is 0.336. The van der Waals surface area contributed by atoms with Gasteiger partial charge in [-0.3, -0.25) is 19.3 Å². The Morgan fingerprint density at radius 1 is 0.932 bits per heavy atom. The Morgan fingerprint density at radius 2 is 1.55 bits per heavy atom. The number of likely N-dealkylation sites (N-methyl/N-ethyl adjacent to an activating group) is 1. The van der Waals surface area contributed by atoms with Crippen LogP contribution >= 0.6 is 0 Å². The maximum absolute atomic E-state index is 14.1. The highest BCUT2D eigenvalue weighted by molar-refractivity contribution is 6.24. The molecule has 3 aromatic rings. The molecule has 0 aliphatic heterocycles. The normalized spacial score (nSPS) is 24.5. The number of rotatable bonds is 8. The minimum atomic E-state index is -2.56. The van der Waals surface area contributed by atoms with Gasteiger partial charge in [-0.25, -0.2) is 0 Å². The predicted molar refractivity (Wildman–Crippen MR) is 161 cm³/mol. The van der Waals surface area contributed by atoms with Gasteiger partial charge in [0.25, 0.3) is 5.91 Å². The van der Waals surface area contributed by atoms with Gasteiger partial charge < -0.3 is 25.4 Å². The van der Waals surface area contributed by atoms with Crippen molar-refractivity contribution in [3.63, 3.8) is 0 Å². The van der Waals surface area contributed by atoms with Gasteiger partial charge in [0, 0.05) is 11.5 Å². The van der Waals surface area contributed by atoms with E-state index in [2.05, 4.69) is 0 Å². The smallest absolute Gasteiger partial charge is 0.255 e. The zero-order valence-corrected chi connectivity index (χ0v) is 24.5. The topological polar surface area (TPSA) is 139 Å². The summed E-state index contributed by atoms with van der Waals surface area (Å²) in [6.45, 7) is 0.288. The first-order chi connectivity index (χ1) is 21.1. The molecule has 4 N–H and O–H groups in total. The van der Waals surface area contributed by atoms with Crippen LogP contribution < -0.4 is 10.5 Å². The molecule has 0 radical (unpaired) electrons. The van der Waals surface area contributed by atoms with Crippen molar-refractivity contribution in [2.45, 2.75) is 37.7 Å². The third kappa shape index (κ3) is 4.78. The molecule has 1 amide bonds. The molecule has 3 aromatic carbocycles. The van der Waals surface area contributed by atoms with E-state index in [1.165, 1.54) is 0 Å². The fourth-order valence-corrected chi connectivity index (χ4v) is 6.89. The lowest BCUT2D eigenvalue weighted by Gasteiger charge is -2.50. The van der Waals surface area contributed by atoms with Crippen LogP contribution in [0.15, 0.2) is 102 Å². The van der Waals surface area contributed by atoms with E-state index >= 15 is 0 Å². The summed E-state index contributed by atoms with van der Waals surface area (Å²) in [4.78, 5) is 42.7. The van der Waals surface area contributed by atoms with Crippen molar-refractivity contribution in [1.29, 1.82) is 0 Å². The zero-order valence-electron chi connectivity index (χ0n) is 24.5. The third-order valence-electron chi connectivity index (χ3n) is 8.90. The lowest BCUT2D eigenvalue weighted by atomic mass is 9.58. The molecule has 0 heterocycles. The fourth-order valence-electron chi connectivity index (χ4n) is 6.89. The molecule has 3 aliphatic carbocycles. The van der Waals surface area contributed by atoms with E-state index in [1.807, 2.05) is 72.8 Å². The van der Waals surface area contributed by atoms with E-state index in [9.17, 15) is 24.6 Å². The Morgan fingerprint density at radius 3 is 2.14 bits per heavy atom. The number of fused-ring (bicyclic) bond motifs is 3. The van der Waals surface area contributed by atoms with Gasteiger partial charge in [0.1, 0.15) is 36.1 Å². The molecule has 0 bridgehead atoms. The molecular formula is C35H34N2O7. The number of nitrogens with zero attached hydrogens (tertiary/aromatic N) is 1. The highest BCUT2D eigenvalue weighted by Gasteiger charge is 2.63. The molecule has 44 heavy (non-hydrogen) atoms. The number of hydrogen-bond donors (Lipinski definition) is 3. The molecule has 0 unspecified atom stereocenters. The number of benzene rings is 3. The Balaban J connectivity index is 1.42. The molecule has 9 heteroatoms. The molecule has 0 saturated carbocycles. The summed E-state index contributed by atoms with van der Waals surface area (Å²) in [6.07, 6.45) is 0.561. The maximum atomic E-state index is 14.1. The summed E-state index contributed by atoms with van der Waals surface area (Å²) >= 11 is 0. The van der Waals surface area contributed by atoms with Crippen LogP contribution in [0.5, 0.6) is 5.75 Å². The van der Waals surface area contributed by atoms with Crippen LogP contribution in [-0.2, 0) is 34.0 Å². The standard InChI is InChI=1S/C35H34N2O7/c1-37(2)29-24-17-23-16-22-14-9-15-25(43-18-20-10-5-3-6-11-20)26(22)30(38)27(23)32(39)35(24,42)33(40)28(34(36)41)31(29)44-19-21-12-7-4-8-13-21/h3-15,23-24,29,39,42H,16-19H2,1-2H3,(H2,36,41)/t23-,24+,29+,35-/m0/s1. The number of carbonyl (C=O) groups excluding carboxylic acids is 3. The fraction of sp³-hybridized carbons (Fsp3) is 0.286. The molecule has 0 fully saturated rings. The van der Waals surface area contributed by atoms with Crippen LogP contribution in [0.25, 0.3) is 0 Å². The average molecular weight is 595 g/mol. The number of Topliss-reactive ketones (excluding diaryl/α,β-unsaturated/α-hetero) is 2. The molecule has 0 aromatic heterocycles. The number of primary amides is 1. The number of amides is 1. The van der Waals surface area contributed by atoms with Gasteiger partial charge in [0.15, 0.2) is 11.4 Å². The van der Waals surface area contributed by atoms with Crippen molar-refractivity contribution in [3.8, 4) is 5.75 Å². The van der Waals surface area contributed by atoms with E-state index in [0.717, 1.165) is 16.7 Å². The number of allylic oxidation sites excluding steroid dienone is 1. The maximum Gasteiger partial charge on any atom is 0.255 e. The second kappa shape index (κ2) is 11.4. The highest BCUT2D eigenvalue weighted by atomic mass is 16.5. The van der Waals surface area contributed by atoms with E-state index in [1.54, 1.807) is 25.1 Å². The van der Waals surface area contributed by atoms with E-state index in [4.69, 9.17) is 15.2 Å². The van der Waals surface area contributed by atoms with E-state index in [-0.39, 0.29) is 36.5 Å². The lowest BCUT2D eigenvalue weighted by molar-refractivity contribution is -0.149. The number of hydrogen-bond acceptors (Lipinski definition) is 8. The molecule has 4 atom stereocenters. The third-order valence-corrected chi connectivity index (χ3v) is 8.90. The highest BCUT2D eigenvalue weighted by Crippen LogP contribution is 2.52. The summed E-state index contributed by atoms with van der Waals surface area (Å²) in [5.74, 6) is -4.47. The van der Waals surface area contributed by atoms with Crippen LogP contribution in [-0.4, -0.2) is 58.3 Å². The van der Waals surface area contributed by atoms with E-state index < -0.39 is 52.3 Å². The van der Waals surface area contributed by atoms with Crippen molar-refractivity contribution >= 4 is 17.5 Å². The van der Waals surface area contributed by atoms with Gasteiger partial charge >= 0.3 is 0 Å². The van der Waals surface area contributed by atoms with Crippen molar-refractivity contribution in [2.24, 2.45) is 17.6 Å². The number of aliphatic hydroxyl groups is 2. The first-order valence-corrected chi connectivity index (χ1v) is 14.5. The molecule has 9 nitrogen and oxygen atoms in total. The van der Waals surface area contributed by atoms with Gasteiger partial charge in [-0.05, 0) is 55.6 Å². The molecule has 6 rings (SSSR count). The minimum Gasteiger partial charge on any atom is -0.508 e. The zero-order chi connectivity index (χ0) is 31.2. The Hall–Kier alpha value is -4.73. The predicted octanol–water partition coefficient (Wildman–Crippen LogP) is 3.65. The first kappa shape index (κ1) is 29.3. The number of ether oxygens (including phenoxy) is 2. The second-order valence-electron chi connectivity index (χ2n) is 11.8. The van der Waals surface area contributed by atoms with Crippen molar-refractivity contribution in [2.75, 3.05) is 14.1 Å². The van der Waals surface area contributed by atoms with Gasteiger partial charge in [0.2, 0.25) is 5.78 Å². The summed E-state index contributed by atoms with van der Waals surface area (Å²) in [6, 6.07) is 23.3. The van der Waals surface area contributed by atoms with Gasteiger partial charge in [0.05, 0.1) is 11.6 Å². The monoisotopic (exact) mass is 594 g/mol. The SMILES string of the molecule is CN(C)[C@H]1C(OCc2ccccc2)=C(C(N)=O)C(=O)[C@@]2(O)C(O)=C3C(=O)c4c(cccc4OCc4ccccc4)C[C@H]3C[C@H]12. The number of carbonyl (C=O) groups is 3. The Kier molecular flexibility index (Phi) is 7.61. The molecular weight excluding hydrogens is 560 g/mol. The number of aliphatic hydroxyl groups excluding tert-OH is 1. The van der Waals surface area contributed by atoms with Gasteiger partial charge in [-0.1, -0.05) is 72.8 Å². The summed E-state index contributed by atoms with van der Waals surface area (Å²) < 4.78 is 12.2. The van der Waals surface area contributed by atoms with Crippen molar-refractivity contribution in [1.82, 2.24) is 4.90 Å². The Bertz CT molecular complexity index is 1700. The number of ketones is 2.